The lowest BCUT2D eigenvalue weighted by molar-refractivity contribution is 0.627. The zero-order chi connectivity index (χ0) is 14.5. The molecule has 0 fully saturated rings. The van der Waals surface area contributed by atoms with E-state index in [0.29, 0.717) is 12.2 Å². The molecular formula is C15H17FN4. The molecule has 0 radical (unpaired) electrons. The van der Waals surface area contributed by atoms with Crippen LogP contribution in [0.4, 0.5) is 10.1 Å². The van der Waals surface area contributed by atoms with Crippen molar-refractivity contribution in [3.8, 4) is 0 Å². The molecule has 1 aromatic carbocycles. The number of hydrogen-bond acceptors (Lipinski definition) is 3. The van der Waals surface area contributed by atoms with E-state index in [0.717, 1.165) is 17.8 Å². The average molecular weight is 272 g/mol. The molecule has 20 heavy (non-hydrogen) atoms. The number of hydrogen-bond donors (Lipinski definition) is 2. The quantitative estimate of drug-likeness (QED) is 0.649. The maximum Gasteiger partial charge on any atom is 0.142 e. The van der Waals surface area contributed by atoms with E-state index < -0.39 is 0 Å². The Morgan fingerprint density at radius 3 is 2.60 bits per heavy atom. The van der Waals surface area contributed by atoms with Crippen LogP contribution in [0.3, 0.4) is 0 Å². The summed E-state index contributed by atoms with van der Waals surface area (Å²) in [5, 5.41) is 7.56. The molecule has 0 aliphatic carbocycles. The lowest BCUT2D eigenvalue weighted by atomic mass is 10.1. The van der Waals surface area contributed by atoms with Crippen molar-refractivity contribution in [3.05, 3.63) is 59.7 Å². The van der Waals surface area contributed by atoms with Crippen LogP contribution in [-0.2, 0) is 6.54 Å². The molecule has 104 valence electrons. The number of pyridine rings is 1. The van der Waals surface area contributed by atoms with Gasteiger partial charge >= 0.3 is 0 Å². The van der Waals surface area contributed by atoms with E-state index in [2.05, 4.69) is 9.88 Å². The molecule has 0 aliphatic heterocycles. The number of halogens is 1. The molecule has 0 saturated heterocycles. The zero-order valence-electron chi connectivity index (χ0n) is 11.3. The summed E-state index contributed by atoms with van der Waals surface area (Å²) in [7, 11) is 0. The molecule has 2 aromatic rings. The first kappa shape index (κ1) is 14.0. The number of nitrogens with two attached hydrogens (primary N) is 1. The average Bonchev–Trinajstić information content (AvgIpc) is 2.46. The predicted octanol–water partition coefficient (Wildman–Crippen LogP) is 2.53. The molecule has 0 unspecified atom stereocenters. The van der Waals surface area contributed by atoms with Crippen LogP contribution in [0.15, 0.2) is 42.6 Å². The maximum absolute atomic E-state index is 13.0. The second kappa shape index (κ2) is 6.14. The minimum absolute atomic E-state index is 0.0456. The van der Waals surface area contributed by atoms with Crippen molar-refractivity contribution >= 4 is 11.5 Å². The van der Waals surface area contributed by atoms with Gasteiger partial charge in [-0.3, -0.25) is 10.4 Å². The summed E-state index contributed by atoms with van der Waals surface area (Å²) < 4.78 is 13.0. The molecule has 1 aromatic heterocycles. The fourth-order valence-electron chi connectivity index (χ4n) is 2.05. The normalized spacial score (nSPS) is 10.3. The van der Waals surface area contributed by atoms with Gasteiger partial charge in [0.05, 0.1) is 0 Å². The Morgan fingerprint density at radius 1 is 1.30 bits per heavy atom. The molecule has 0 atom stereocenters. The van der Waals surface area contributed by atoms with E-state index in [1.54, 1.807) is 18.3 Å². The number of nitrogens with one attached hydrogen (secondary N) is 1. The highest BCUT2D eigenvalue weighted by Crippen LogP contribution is 2.18. The van der Waals surface area contributed by atoms with Gasteiger partial charge in [-0.2, -0.15) is 0 Å². The zero-order valence-corrected chi connectivity index (χ0v) is 11.3. The van der Waals surface area contributed by atoms with Gasteiger partial charge in [-0.25, -0.2) is 4.39 Å². The Morgan fingerprint density at radius 2 is 2.00 bits per heavy atom. The Labute approximate surface area is 117 Å². The highest BCUT2D eigenvalue weighted by atomic mass is 19.1. The molecular weight excluding hydrogens is 255 g/mol. The first-order chi connectivity index (χ1) is 9.61. The summed E-state index contributed by atoms with van der Waals surface area (Å²) in [5.74, 6) is -0.300. The van der Waals surface area contributed by atoms with Crippen molar-refractivity contribution in [2.75, 3.05) is 11.4 Å². The third-order valence-corrected chi connectivity index (χ3v) is 3.08. The van der Waals surface area contributed by atoms with Crippen molar-refractivity contribution in [2.24, 2.45) is 5.73 Å². The number of rotatable bonds is 5. The molecule has 2 rings (SSSR count). The predicted molar refractivity (Wildman–Crippen MR) is 78.4 cm³/mol. The Bertz CT molecular complexity index is 595. The number of aromatic nitrogens is 1. The highest BCUT2D eigenvalue weighted by Gasteiger charge is 2.11. The van der Waals surface area contributed by atoms with E-state index in [1.165, 1.54) is 12.1 Å². The van der Waals surface area contributed by atoms with Gasteiger partial charge in [0.1, 0.15) is 17.3 Å². The lowest BCUT2D eigenvalue weighted by Crippen LogP contribution is -2.25. The van der Waals surface area contributed by atoms with Gasteiger partial charge in [-0.15, -0.1) is 0 Å². The van der Waals surface area contributed by atoms with Crippen LogP contribution in [0.2, 0.25) is 0 Å². The van der Waals surface area contributed by atoms with Crippen molar-refractivity contribution in [1.82, 2.24) is 4.98 Å². The molecule has 0 bridgehead atoms. The van der Waals surface area contributed by atoms with Gasteiger partial charge in [0.2, 0.25) is 0 Å². The van der Waals surface area contributed by atoms with Gasteiger partial charge in [-0.1, -0.05) is 6.07 Å². The van der Waals surface area contributed by atoms with E-state index >= 15 is 0 Å². The second-order valence-electron chi connectivity index (χ2n) is 4.42. The van der Waals surface area contributed by atoms with Crippen LogP contribution in [0, 0.1) is 11.2 Å². The molecule has 0 saturated carbocycles. The van der Waals surface area contributed by atoms with Crippen molar-refractivity contribution in [3.63, 3.8) is 0 Å². The van der Waals surface area contributed by atoms with E-state index in [9.17, 15) is 4.39 Å². The molecule has 5 heteroatoms. The van der Waals surface area contributed by atoms with Gasteiger partial charge in [-0.05, 0) is 37.3 Å². The monoisotopic (exact) mass is 272 g/mol. The van der Waals surface area contributed by atoms with Crippen LogP contribution >= 0.6 is 0 Å². The van der Waals surface area contributed by atoms with Crippen LogP contribution in [0.1, 0.15) is 18.2 Å². The standard InChI is InChI=1S/C15H17FN4/c1-2-20(13-7-5-12(16)6-8-13)10-11-4-3-9-19-14(11)15(17)18/h3-9H,2,10H2,1H3,(H3,17,18). The van der Waals surface area contributed by atoms with Gasteiger partial charge in [0, 0.05) is 30.5 Å². The molecule has 4 nitrogen and oxygen atoms in total. The molecule has 0 aliphatic rings. The minimum atomic E-state index is -0.254. The largest absolute Gasteiger partial charge is 0.382 e. The van der Waals surface area contributed by atoms with Crippen molar-refractivity contribution in [2.45, 2.75) is 13.5 Å². The summed E-state index contributed by atoms with van der Waals surface area (Å²) in [4.78, 5) is 6.21. The van der Waals surface area contributed by atoms with Gasteiger partial charge in [0.15, 0.2) is 0 Å². The van der Waals surface area contributed by atoms with Crippen molar-refractivity contribution < 1.29 is 4.39 Å². The molecule has 1 heterocycles. The lowest BCUT2D eigenvalue weighted by Gasteiger charge is -2.24. The first-order valence-electron chi connectivity index (χ1n) is 6.40. The first-order valence-corrected chi connectivity index (χ1v) is 6.40. The summed E-state index contributed by atoms with van der Waals surface area (Å²) in [5.41, 5.74) is 7.84. The SMILES string of the molecule is CCN(Cc1cccnc1C(=N)N)c1ccc(F)cc1. The minimum Gasteiger partial charge on any atom is -0.382 e. The topological polar surface area (TPSA) is 66.0 Å². The van der Waals surface area contributed by atoms with Crippen LogP contribution < -0.4 is 10.6 Å². The Balaban J connectivity index is 2.27. The van der Waals surface area contributed by atoms with Crippen LogP contribution in [0.5, 0.6) is 0 Å². The van der Waals surface area contributed by atoms with Crippen LogP contribution in [-0.4, -0.2) is 17.4 Å². The highest BCUT2D eigenvalue weighted by molar-refractivity contribution is 5.94. The fraction of sp³-hybridized carbons (Fsp3) is 0.200. The molecule has 0 spiro atoms. The van der Waals surface area contributed by atoms with Gasteiger partial charge in [0.25, 0.3) is 0 Å². The summed E-state index contributed by atoms with van der Waals surface area (Å²) in [6, 6.07) is 10.1. The number of nitrogens with zero attached hydrogens (tertiary/aromatic N) is 2. The number of benzene rings is 1. The third-order valence-electron chi connectivity index (χ3n) is 3.08. The third kappa shape index (κ3) is 3.12. The van der Waals surface area contributed by atoms with Crippen LogP contribution in [0.25, 0.3) is 0 Å². The number of amidine groups is 1. The van der Waals surface area contributed by atoms with E-state index in [1.807, 2.05) is 19.1 Å². The second-order valence-corrected chi connectivity index (χ2v) is 4.42. The van der Waals surface area contributed by atoms with E-state index in [-0.39, 0.29) is 11.7 Å². The number of nitrogen functional groups attached to an aromatic ring is 1. The number of anilines is 1. The van der Waals surface area contributed by atoms with Crippen molar-refractivity contribution in [1.29, 1.82) is 5.41 Å². The maximum atomic E-state index is 13.0. The summed E-state index contributed by atoms with van der Waals surface area (Å²) in [6.45, 7) is 3.36. The summed E-state index contributed by atoms with van der Waals surface area (Å²) >= 11 is 0. The summed E-state index contributed by atoms with van der Waals surface area (Å²) in [6.07, 6.45) is 1.62. The molecule has 0 amide bonds. The smallest absolute Gasteiger partial charge is 0.142 e. The Kier molecular flexibility index (Phi) is 4.30. The molecule has 3 N–H and O–H groups in total. The van der Waals surface area contributed by atoms with E-state index in [4.69, 9.17) is 11.1 Å². The Hall–Kier alpha value is -2.43. The fourth-order valence-corrected chi connectivity index (χ4v) is 2.05. The van der Waals surface area contributed by atoms with Gasteiger partial charge < -0.3 is 10.6 Å².